The lowest BCUT2D eigenvalue weighted by molar-refractivity contribution is 0.414. The summed E-state index contributed by atoms with van der Waals surface area (Å²) in [6, 6.07) is 6.21. The van der Waals surface area contributed by atoms with E-state index < -0.39 is 0 Å². The zero-order valence-electron chi connectivity index (χ0n) is 8.22. The third-order valence-electron chi connectivity index (χ3n) is 2.71. The molecular weight excluding hydrogens is 242 g/mol. The van der Waals surface area contributed by atoms with Gasteiger partial charge in [0.15, 0.2) is 0 Å². The standard InChI is InChI=1S/C11H14BrNO/c1-14-9-2-3-10(11(12)6-9)8-4-5-13-7-8/h2-3,6,8,13H,4-5,7H2,1H3. The minimum absolute atomic E-state index is 0.648. The topological polar surface area (TPSA) is 21.3 Å². The molecule has 0 spiro atoms. The summed E-state index contributed by atoms with van der Waals surface area (Å²) in [7, 11) is 1.69. The van der Waals surface area contributed by atoms with E-state index in [9.17, 15) is 0 Å². The second kappa shape index (κ2) is 4.32. The van der Waals surface area contributed by atoms with Crippen molar-refractivity contribution in [1.29, 1.82) is 0 Å². The molecule has 1 saturated heterocycles. The molecule has 14 heavy (non-hydrogen) atoms. The van der Waals surface area contributed by atoms with Crippen LogP contribution < -0.4 is 10.1 Å². The molecule has 0 saturated carbocycles. The third-order valence-corrected chi connectivity index (χ3v) is 3.39. The Bertz CT molecular complexity index is 321. The van der Waals surface area contributed by atoms with Crippen LogP contribution >= 0.6 is 15.9 Å². The number of halogens is 1. The highest BCUT2D eigenvalue weighted by Crippen LogP contribution is 2.31. The largest absolute Gasteiger partial charge is 0.497 e. The van der Waals surface area contributed by atoms with Crippen LogP contribution in [0.3, 0.4) is 0 Å². The molecule has 0 aliphatic carbocycles. The van der Waals surface area contributed by atoms with Crippen molar-refractivity contribution in [2.75, 3.05) is 20.2 Å². The highest BCUT2D eigenvalue weighted by atomic mass is 79.9. The van der Waals surface area contributed by atoms with Crippen molar-refractivity contribution in [1.82, 2.24) is 5.32 Å². The number of benzene rings is 1. The van der Waals surface area contributed by atoms with Gasteiger partial charge < -0.3 is 10.1 Å². The lowest BCUT2D eigenvalue weighted by Crippen LogP contribution is -2.08. The highest BCUT2D eigenvalue weighted by Gasteiger charge is 2.18. The first kappa shape index (κ1) is 9.99. The summed E-state index contributed by atoms with van der Waals surface area (Å²) in [6.45, 7) is 2.22. The van der Waals surface area contributed by atoms with Crippen LogP contribution in [0.5, 0.6) is 5.75 Å². The van der Waals surface area contributed by atoms with Gasteiger partial charge in [-0.1, -0.05) is 22.0 Å². The summed E-state index contributed by atoms with van der Waals surface area (Å²) in [5, 5.41) is 3.37. The van der Waals surface area contributed by atoms with Crippen LogP contribution in [-0.4, -0.2) is 20.2 Å². The molecule has 0 bridgehead atoms. The third kappa shape index (κ3) is 1.93. The molecule has 0 aromatic heterocycles. The van der Waals surface area contributed by atoms with Gasteiger partial charge in [0.1, 0.15) is 5.75 Å². The Morgan fingerprint density at radius 2 is 2.36 bits per heavy atom. The summed E-state index contributed by atoms with van der Waals surface area (Å²) in [5.74, 6) is 1.56. The quantitative estimate of drug-likeness (QED) is 0.877. The number of nitrogens with one attached hydrogen (secondary N) is 1. The van der Waals surface area contributed by atoms with E-state index in [1.165, 1.54) is 12.0 Å². The molecule has 1 N–H and O–H groups in total. The summed E-state index contributed by atoms with van der Waals surface area (Å²) in [4.78, 5) is 0. The van der Waals surface area contributed by atoms with Crippen LogP contribution in [0.15, 0.2) is 22.7 Å². The van der Waals surface area contributed by atoms with Gasteiger partial charge in [0.2, 0.25) is 0 Å². The van der Waals surface area contributed by atoms with E-state index in [4.69, 9.17) is 4.74 Å². The van der Waals surface area contributed by atoms with Crippen LogP contribution in [-0.2, 0) is 0 Å². The van der Waals surface area contributed by atoms with Gasteiger partial charge in [-0.2, -0.15) is 0 Å². The lowest BCUT2D eigenvalue weighted by atomic mass is 9.98. The fraction of sp³-hybridized carbons (Fsp3) is 0.455. The molecule has 1 aliphatic rings. The van der Waals surface area contributed by atoms with Crippen LogP contribution in [0.25, 0.3) is 0 Å². The Hall–Kier alpha value is -0.540. The van der Waals surface area contributed by atoms with Crippen molar-refractivity contribution >= 4 is 15.9 Å². The predicted octanol–water partition coefficient (Wildman–Crippen LogP) is 2.53. The molecule has 0 amide bonds. The molecule has 0 radical (unpaired) electrons. The molecule has 1 aliphatic heterocycles. The van der Waals surface area contributed by atoms with E-state index in [0.717, 1.165) is 23.3 Å². The van der Waals surface area contributed by atoms with Gasteiger partial charge in [-0.05, 0) is 36.6 Å². The molecule has 1 unspecified atom stereocenters. The van der Waals surface area contributed by atoms with E-state index in [-0.39, 0.29) is 0 Å². The van der Waals surface area contributed by atoms with Gasteiger partial charge in [-0.25, -0.2) is 0 Å². The van der Waals surface area contributed by atoms with Crippen LogP contribution in [0.4, 0.5) is 0 Å². The summed E-state index contributed by atoms with van der Waals surface area (Å²) >= 11 is 3.59. The number of ether oxygens (including phenoxy) is 1. The molecular formula is C11H14BrNO. The average Bonchev–Trinajstić information content (AvgIpc) is 2.70. The zero-order chi connectivity index (χ0) is 9.97. The molecule has 3 heteroatoms. The second-order valence-electron chi connectivity index (χ2n) is 3.58. The first-order valence-corrected chi connectivity index (χ1v) is 5.64. The Balaban J connectivity index is 2.25. The SMILES string of the molecule is COc1ccc(C2CCNC2)c(Br)c1. The summed E-state index contributed by atoms with van der Waals surface area (Å²) in [5.41, 5.74) is 1.39. The maximum Gasteiger partial charge on any atom is 0.120 e. The van der Waals surface area contributed by atoms with Gasteiger partial charge in [0, 0.05) is 11.0 Å². The fourth-order valence-corrected chi connectivity index (χ4v) is 2.57. The number of rotatable bonds is 2. The monoisotopic (exact) mass is 255 g/mol. The average molecular weight is 256 g/mol. The van der Waals surface area contributed by atoms with Crippen molar-refractivity contribution in [2.24, 2.45) is 0 Å². The van der Waals surface area contributed by atoms with Gasteiger partial charge in [-0.3, -0.25) is 0 Å². The van der Waals surface area contributed by atoms with Crippen molar-refractivity contribution in [2.45, 2.75) is 12.3 Å². The van der Waals surface area contributed by atoms with E-state index in [1.54, 1.807) is 7.11 Å². The van der Waals surface area contributed by atoms with Crippen LogP contribution in [0.1, 0.15) is 17.9 Å². The van der Waals surface area contributed by atoms with Crippen molar-refractivity contribution in [3.8, 4) is 5.75 Å². The van der Waals surface area contributed by atoms with Crippen molar-refractivity contribution in [3.63, 3.8) is 0 Å². The van der Waals surface area contributed by atoms with Crippen molar-refractivity contribution in [3.05, 3.63) is 28.2 Å². The lowest BCUT2D eigenvalue weighted by Gasteiger charge is -2.12. The number of methoxy groups -OCH3 is 1. The predicted molar refractivity (Wildman–Crippen MR) is 60.9 cm³/mol. The molecule has 1 fully saturated rings. The normalized spacial score (nSPS) is 21.1. The van der Waals surface area contributed by atoms with Gasteiger partial charge >= 0.3 is 0 Å². The Labute approximate surface area is 92.8 Å². The van der Waals surface area contributed by atoms with Gasteiger partial charge in [0.05, 0.1) is 7.11 Å². The van der Waals surface area contributed by atoms with Crippen LogP contribution in [0.2, 0.25) is 0 Å². The van der Waals surface area contributed by atoms with E-state index in [1.807, 2.05) is 12.1 Å². The smallest absolute Gasteiger partial charge is 0.120 e. The Kier molecular flexibility index (Phi) is 3.08. The summed E-state index contributed by atoms with van der Waals surface area (Å²) in [6.07, 6.45) is 1.23. The highest BCUT2D eigenvalue weighted by molar-refractivity contribution is 9.10. The molecule has 1 aromatic carbocycles. The van der Waals surface area contributed by atoms with Crippen molar-refractivity contribution < 1.29 is 4.74 Å². The first-order valence-electron chi connectivity index (χ1n) is 4.85. The summed E-state index contributed by atoms with van der Waals surface area (Å²) < 4.78 is 6.32. The van der Waals surface area contributed by atoms with Gasteiger partial charge in [-0.15, -0.1) is 0 Å². The maximum atomic E-state index is 5.17. The number of hydrogen-bond donors (Lipinski definition) is 1. The molecule has 1 atom stereocenters. The minimum atomic E-state index is 0.648. The van der Waals surface area contributed by atoms with Gasteiger partial charge in [0.25, 0.3) is 0 Å². The first-order chi connectivity index (χ1) is 6.81. The van der Waals surface area contributed by atoms with E-state index in [2.05, 4.69) is 27.3 Å². The van der Waals surface area contributed by atoms with E-state index >= 15 is 0 Å². The minimum Gasteiger partial charge on any atom is -0.497 e. The molecule has 1 heterocycles. The van der Waals surface area contributed by atoms with Crippen LogP contribution in [0, 0.1) is 0 Å². The second-order valence-corrected chi connectivity index (χ2v) is 4.43. The zero-order valence-corrected chi connectivity index (χ0v) is 9.80. The maximum absolute atomic E-state index is 5.17. The fourth-order valence-electron chi connectivity index (χ4n) is 1.89. The molecule has 2 rings (SSSR count). The molecule has 2 nitrogen and oxygen atoms in total. The Morgan fingerprint density at radius 3 is 2.93 bits per heavy atom. The van der Waals surface area contributed by atoms with E-state index in [0.29, 0.717) is 5.92 Å². The Morgan fingerprint density at radius 1 is 1.50 bits per heavy atom. The number of hydrogen-bond acceptors (Lipinski definition) is 2. The molecule has 1 aromatic rings. The molecule has 76 valence electrons.